The van der Waals surface area contributed by atoms with E-state index in [1.165, 1.54) is 11.3 Å². The molecule has 6 nitrogen and oxygen atoms in total. The summed E-state index contributed by atoms with van der Waals surface area (Å²) in [5.74, 6) is 0.870. The number of hydrogen-bond donors (Lipinski definition) is 0. The summed E-state index contributed by atoms with van der Waals surface area (Å²) in [6.45, 7) is 3.97. The lowest BCUT2D eigenvalue weighted by molar-refractivity contribution is -0.127. The predicted molar refractivity (Wildman–Crippen MR) is 103 cm³/mol. The quantitative estimate of drug-likeness (QED) is 0.635. The number of thiazole rings is 1. The molecule has 0 radical (unpaired) electrons. The first-order valence-electron chi connectivity index (χ1n) is 8.89. The van der Waals surface area contributed by atoms with Gasteiger partial charge < -0.3 is 18.8 Å². The smallest absolute Gasteiger partial charge is 0.292 e. The van der Waals surface area contributed by atoms with E-state index in [0.29, 0.717) is 36.1 Å². The SMILES string of the molecule is CCOCCn1c(=NC(=O)[C@@H]2COc3ccccc3O2)sc2ccccc21. The summed E-state index contributed by atoms with van der Waals surface area (Å²) in [5.41, 5.74) is 1.04. The molecular weight excluding hydrogens is 364 g/mol. The van der Waals surface area contributed by atoms with Gasteiger partial charge in [-0.2, -0.15) is 4.99 Å². The number of hydrogen-bond acceptors (Lipinski definition) is 5. The standard InChI is InChI=1S/C20H20N2O4S/c1-2-24-12-11-22-14-7-3-6-10-18(14)27-20(22)21-19(23)17-13-25-15-8-4-5-9-16(15)26-17/h3-10,17H,2,11-13H2,1H3/t17-/m0/s1. The van der Waals surface area contributed by atoms with Crippen molar-refractivity contribution in [1.29, 1.82) is 0 Å². The van der Waals surface area contributed by atoms with Crippen molar-refractivity contribution in [2.24, 2.45) is 4.99 Å². The lowest BCUT2D eigenvalue weighted by atomic mass is 10.2. The first-order chi connectivity index (χ1) is 13.3. The van der Waals surface area contributed by atoms with E-state index in [-0.39, 0.29) is 12.5 Å². The van der Waals surface area contributed by atoms with Crippen LogP contribution < -0.4 is 14.3 Å². The van der Waals surface area contributed by atoms with Crippen LogP contribution in [0.1, 0.15) is 6.92 Å². The van der Waals surface area contributed by atoms with Gasteiger partial charge in [-0.1, -0.05) is 35.6 Å². The van der Waals surface area contributed by atoms with Crippen LogP contribution in [0.15, 0.2) is 53.5 Å². The molecule has 2 heterocycles. The van der Waals surface area contributed by atoms with Crippen LogP contribution in [-0.2, 0) is 16.1 Å². The van der Waals surface area contributed by atoms with Crippen LogP contribution in [0.5, 0.6) is 11.5 Å². The Hall–Kier alpha value is -2.64. The van der Waals surface area contributed by atoms with Crippen molar-refractivity contribution in [2.75, 3.05) is 19.8 Å². The van der Waals surface area contributed by atoms with Gasteiger partial charge in [0.05, 0.1) is 16.8 Å². The van der Waals surface area contributed by atoms with E-state index >= 15 is 0 Å². The molecule has 0 spiro atoms. The number of carbonyl (C=O) groups excluding carboxylic acids is 1. The van der Waals surface area contributed by atoms with Crippen LogP contribution in [0.2, 0.25) is 0 Å². The van der Waals surface area contributed by atoms with E-state index in [1.54, 1.807) is 6.07 Å². The third-order valence-corrected chi connectivity index (χ3v) is 5.30. The van der Waals surface area contributed by atoms with Crippen LogP contribution >= 0.6 is 11.3 Å². The molecule has 1 atom stereocenters. The molecule has 7 heteroatoms. The molecule has 0 fully saturated rings. The number of rotatable bonds is 5. The number of amides is 1. The van der Waals surface area contributed by atoms with Gasteiger partial charge in [-0.05, 0) is 31.2 Å². The third kappa shape index (κ3) is 3.74. The van der Waals surface area contributed by atoms with Crippen LogP contribution in [0.4, 0.5) is 0 Å². The molecule has 0 saturated carbocycles. The Balaban J connectivity index is 1.64. The molecule has 0 unspecified atom stereocenters. The maximum absolute atomic E-state index is 12.7. The predicted octanol–water partition coefficient (Wildman–Crippen LogP) is 3.01. The number of ether oxygens (including phenoxy) is 3. The summed E-state index contributed by atoms with van der Waals surface area (Å²) < 4.78 is 20.0. The summed E-state index contributed by atoms with van der Waals surface area (Å²) in [4.78, 5) is 17.7. The van der Waals surface area contributed by atoms with Crippen molar-refractivity contribution >= 4 is 27.5 Å². The van der Waals surface area contributed by atoms with E-state index in [1.807, 2.05) is 54.0 Å². The minimum absolute atomic E-state index is 0.156. The van der Waals surface area contributed by atoms with E-state index in [4.69, 9.17) is 14.2 Å². The Morgan fingerprint density at radius 2 is 2.00 bits per heavy atom. The van der Waals surface area contributed by atoms with Gasteiger partial charge in [-0.3, -0.25) is 4.79 Å². The number of fused-ring (bicyclic) bond motifs is 2. The van der Waals surface area contributed by atoms with Crippen LogP contribution in [0.25, 0.3) is 10.2 Å². The molecule has 1 amide bonds. The van der Waals surface area contributed by atoms with Crippen molar-refractivity contribution in [3.05, 3.63) is 53.3 Å². The fraction of sp³-hybridized carbons (Fsp3) is 0.300. The molecule has 0 saturated heterocycles. The Labute approximate surface area is 160 Å². The molecule has 0 bridgehead atoms. The number of benzene rings is 2. The lowest BCUT2D eigenvalue weighted by Crippen LogP contribution is -2.37. The minimum Gasteiger partial charge on any atom is -0.485 e. The maximum Gasteiger partial charge on any atom is 0.292 e. The van der Waals surface area contributed by atoms with Gasteiger partial charge in [0.15, 0.2) is 16.3 Å². The Morgan fingerprint density at radius 3 is 2.85 bits per heavy atom. The average molecular weight is 384 g/mol. The average Bonchev–Trinajstić information content (AvgIpc) is 3.05. The molecule has 0 N–H and O–H groups in total. The molecule has 2 aromatic carbocycles. The van der Waals surface area contributed by atoms with Crippen LogP contribution in [0, 0.1) is 0 Å². The fourth-order valence-corrected chi connectivity index (χ4v) is 3.99. The normalized spacial score (nSPS) is 16.6. The second kappa shape index (κ2) is 7.94. The third-order valence-electron chi connectivity index (χ3n) is 4.24. The maximum atomic E-state index is 12.7. The Kier molecular flexibility index (Phi) is 5.22. The molecule has 140 valence electrons. The number of carbonyl (C=O) groups is 1. The topological polar surface area (TPSA) is 62.1 Å². The molecule has 0 aliphatic carbocycles. The summed E-state index contributed by atoms with van der Waals surface area (Å²) in [6.07, 6.45) is -0.745. The first kappa shape index (κ1) is 17.8. The van der Waals surface area contributed by atoms with Crippen molar-refractivity contribution in [2.45, 2.75) is 19.6 Å². The molecular formula is C20H20N2O4S. The van der Waals surface area contributed by atoms with Gasteiger partial charge in [-0.15, -0.1) is 0 Å². The number of nitrogens with zero attached hydrogens (tertiary/aromatic N) is 2. The summed E-state index contributed by atoms with van der Waals surface area (Å²) in [5, 5.41) is 0. The van der Waals surface area contributed by atoms with Gasteiger partial charge in [0, 0.05) is 13.2 Å². The van der Waals surface area contributed by atoms with E-state index < -0.39 is 6.10 Å². The molecule has 4 rings (SSSR count). The fourth-order valence-electron chi connectivity index (χ4n) is 2.93. The second-order valence-corrected chi connectivity index (χ2v) is 7.02. The van der Waals surface area contributed by atoms with E-state index in [9.17, 15) is 4.79 Å². The van der Waals surface area contributed by atoms with E-state index in [0.717, 1.165) is 10.2 Å². The zero-order valence-corrected chi connectivity index (χ0v) is 15.8. The van der Waals surface area contributed by atoms with Crippen LogP contribution in [-0.4, -0.2) is 36.4 Å². The highest BCUT2D eigenvalue weighted by atomic mass is 32.1. The molecule has 1 aromatic heterocycles. The van der Waals surface area contributed by atoms with Gasteiger partial charge in [-0.25, -0.2) is 0 Å². The Morgan fingerprint density at radius 1 is 1.22 bits per heavy atom. The highest BCUT2D eigenvalue weighted by Gasteiger charge is 2.27. The summed E-state index contributed by atoms with van der Waals surface area (Å²) in [7, 11) is 0. The largest absolute Gasteiger partial charge is 0.485 e. The first-order valence-corrected chi connectivity index (χ1v) is 9.71. The highest BCUT2D eigenvalue weighted by molar-refractivity contribution is 7.16. The van der Waals surface area contributed by atoms with Crippen molar-refractivity contribution < 1.29 is 19.0 Å². The Bertz CT molecular complexity index is 1020. The van der Waals surface area contributed by atoms with Gasteiger partial charge >= 0.3 is 0 Å². The zero-order chi connectivity index (χ0) is 18.6. The van der Waals surface area contributed by atoms with Crippen molar-refractivity contribution in [3.8, 4) is 11.5 Å². The second-order valence-electron chi connectivity index (χ2n) is 6.02. The van der Waals surface area contributed by atoms with Gasteiger partial charge in [0.1, 0.15) is 6.61 Å². The molecule has 1 aliphatic heterocycles. The molecule has 27 heavy (non-hydrogen) atoms. The lowest BCUT2D eigenvalue weighted by Gasteiger charge is -2.23. The van der Waals surface area contributed by atoms with Crippen molar-refractivity contribution in [1.82, 2.24) is 4.57 Å². The minimum atomic E-state index is -0.745. The number of aromatic nitrogens is 1. The van der Waals surface area contributed by atoms with Crippen molar-refractivity contribution in [3.63, 3.8) is 0 Å². The highest BCUT2D eigenvalue weighted by Crippen LogP contribution is 2.31. The van der Waals surface area contributed by atoms with Gasteiger partial charge in [0.25, 0.3) is 5.91 Å². The summed E-state index contributed by atoms with van der Waals surface area (Å²) >= 11 is 1.48. The van der Waals surface area contributed by atoms with E-state index in [2.05, 4.69) is 4.99 Å². The monoisotopic (exact) mass is 384 g/mol. The zero-order valence-electron chi connectivity index (χ0n) is 15.0. The van der Waals surface area contributed by atoms with Crippen LogP contribution in [0.3, 0.4) is 0 Å². The molecule has 3 aromatic rings. The summed E-state index contributed by atoms with van der Waals surface area (Å²) in [6, 6.07) is 15.3. The van der Waals surface area contributed by atoms with Gasteiger partial charge in [0.2, 0.25) is 6.10 Å². The molecule has 1 aliphatic rings. The number of para-hydroxylation sites is 3.